The fourth-order valence-electron chi connectivity index (χ4n) is 4.42. The standard InChI is InChI=1S/C33H57N3O3/c1-8-12-14-15-16-17-18-20-27-39-36(31(37)22-10-3)30-24-21-23-29(28-30)35(26-11-4)32(38)34(7)33(5,6)25-19-13-9-2/h19,21,23-25,28H,8-18,20,22,26-27H2,1-7H3. The number of carbonyl (C=O) groups is 2. The van der Waals surface area contributed by atoms with E-state index in [4.69, 9.17) is 4.84 Å². The minimum atomic E-state index is -0.419. The molecule has 0 saturated carbocycles. The van der Waals surface area contributed by atoms with Crippen LogP contribution in [-0.4, -0.2) is 42.6 Å². The Kier molecular flexibility index (Phi) is 17.5. The number of allylic oxidation sites excluding steroid dienone is 1. The third kappa shape index (κ3) is 12.6. The fraction of sp³-hybridized carbons (Fsp3) is 0.697. The molecule has 1 aromatic carbocycles. The quantitative estimate of drug-likeness (QED) is 0.0935. The van der Waals surface area contributed by atoms with Crippen LogP contribution in [0.15, 0.2) is 36.4 Å². The SMILES string of the molecule is CCCC=CC(C)(C)N(C)C(=O)N(CCC)c1cccc(N(OCCCCCCCCCC)C(=O)CCC)c1. The average molecular weight is 544 g/mol. The molecule has 0 N–H and O–H groups in total. The van der Waals surface area contributed by atoms with Crippen molar-refractivity contribution < 1.29 is 14.4 Å². The van der Waals surface area contributed by atoms with Crippen molar-refractivity contribution in [2.45, 2.75) is 131 Å². The third-order valence-electron chi connectivity index (χ3n) is 7.10. The number of carbonyl (C=O) groups excluding carboxylic acids is 2. The predicted octanol–water partition coefficient (Wildman–Crippen LogP) is 9.30. The number of rotatable bonds is 20. The summed E-state index contributed by atoms with van der Waals surface area (Å²) >= 11 is 0. The number of amides is 3. The fourth-order valence-corrected chi connectivity index (χ4v) is 4.42. The molecule has 0 bridgehead atoms. The summed E-state index contributed by atoms with van der Waals surface area (Å²) in [7, 11) is 1.86. The highest BCUT2D eigenvalue weighted by Crippen LogP contribution is 2.27. The maximum absolute atomic E-state index is 13.7. The van der Waals surface area contributed by atoms with Crippen LogP contribution < -0.4 is 9.96 Å². The number of benzene rings is 1. The van der Waals surface area contributed by atoms with Crippen LogP contribution in [0.1, 0.15) is 125 Å². The zero-order valence-electron chi connectivity index (χ0n) is 26.1. The van der Waals surface area contributed by atoms with E-state index in [0.29, 0.717) is 25.3 Å². The van der Waals surface area contributed by atoms with Gasteiger partial charge in [-0.1, -0.05) is 97.3 Å². The van der Waals surface area contributed by atoms with E-state index in [-0.39, 0.29) is 11.9 Å². The van der Waals surface area contributed by atoms with Crippen molar-refractivity contribution in [2.75, 3.05) is 30.2 Å². The summed E-state index contributed by atoms with van der Waals surface area (Å²) in [5.74, 6) is -0.0538. The van der Waals surface area contributed by atoms with Crippen LogP contribution in [0.25, 0.3) is 0 Å². The van der Waals surface area contributed by atoms with E-state index in [0.717, 1.165) is 44.2 Å². The van der Waals surface area contributed by atoms with E-state index in [2.05, 4.69) is 46.8 Å². The average Bonchev–Trinajstić information content (AvgIpc) is 2.92. The highest BCUT2D eigenvalue weighted by molar-refractivity contribution is 5.95. The second-order valence-corrected chi connectivity index (χ2v) is 11.1. The minimum Gasteiger partial charge on any atom is -0.319 e. The lowest BCUT2D eigenvalue weighted by Gasteiger charge is -2.37. The molecule has 6 heteroatoms. The van der Waals surface area contributed by atoms with Crippen molar-refractivity contribution >= 4 is 23.3 Å². The maximum Gasteiger partial charge on any atom is 0.324 e. The zero-order valence-corrected chi connectivity index (χ0v) is 26.1. The van der Waals surface area contributed by atoms with Gasteiger partial charge in [-0.2, -0.15) is 5.06 Å². The van der Waals surface area contributed by atoms with Gasteiger partial charge in [0.1, 0.15) is 0 Å². The number of anilines is 2. The summed E-state index contributed by atoms with van der Waals surface area (Å²) in [6.45, 7) is 13.7. The summed E-state index contributed by atoms with van der Waals surface area (Å²) in [4.78, 5) is 36.4. The van der Waals surface area contributed by atoms with Crippen molar-refractivity contribution in [1.29, 1.82) is 0 Å². The van der Waals surface area contributed by atoms with E-state index in [1.807, 2.05) is 38.2 Å². The number of nitrogens with zero attached hydrogens (tertiary/aromatic N) is 3. The maximum atomic E-state index is 13.7. The number of unbranched alkanes of at least 4 members (excludes halogenated alkanes) is 8. The van der Waals surface area contributed by atoms with Gasteiger partial charge >= 0.3 is 6.03 Å². The van der Waals surface area contributed by atoms with Gasteiger partial charge in [0.05, 0.1) is 17.8 Å². The lowest BCUT2D eigenvalue weighted by molar-refractivity contribution is -0.126. The smallest absolute Gasteiger partial charge is 0.319 e. The van der Waals surface area contributed by atoms with Gasteiger partial charge in [0.2, 0.25) is 0 Å². The molecule has 0 aliphatic heterocycles. The van der Waals surface area contributed by atoms with Gasteiger partial charge in [-0.3, -0.25) is 14.5 Å². The number of likely N-dealkylation sites (N-methyl/N-ethyl adjacent to an activating group) is 1. The Morgan fingerprint density at radius 2 is 1.49 bits per heavy atom. The van der Waals surface area contributed by atoms with Gasteiger partial charge in [0.25, 0.3) is 5.91 Å². The van der Waals surface area contributed by atoms with E-state index in [1.165, 1.54) is 43.6 Å². The predicted molar refractivity (Wildman–Crippen MR) is 166 cm³/mol. The minimum absolute atomic E-state index is 0.0538. The van der Waals surface area contributed by atoms with E-state index in [9.17, 15) is 9.59 Å². The second kappa shape index (κ2) is 19.7. The van der Waals surface area contributed by atoms with E-state index < -0.39 is 5.54 Å². The van der Waals surface area contributed by atoms with Crippen LogP contribution in [0, 0.1) is 0 Å². The third-order valence-corrected chi connectivity index (χ3v) is 7.10. The van der Waals surface area contributed by atoms with Crippen LogP contribution >= 0.6 is 0 Å². The molecule has 0 aliphatic carbocycles. The molecule has 6 nitrogen and oxygen atoms in total. The van der Waals surface area contributed by atoms with Gasteiger partial charge in [-0.15, -0.1) is 0 Å². The molecule has 3 amide bonds. The molecule has 0 aromatic heterocycles. The largest absolute Gasteiger partial charge is 0.324 e. The molecule has 0 unspecified atom stereocenters. The van der Waals surface area contributed by atoms with Crippen LogP contribution in [0.5, 0.6) is 0 Å². The normalized spacial score (nSPS) is 11.7. The number of hydroxylamine groups is 1. The number of hydrogen-bond donors (Lipinski definition) is 0. The molecule has 0 fully saturated rings. The monoisotopic (exact) mass is 543 g/mol. The lowest BCUT2D eigenvalue weighted by atomic mass is 10.0. The van der Waals surface area contributed by atoms with Crippen molar-refractivity contribution in [1.82, 2.24) is 4.90 Å². The van der Waals surface area contributed by atoms with Crippen molar-refractivity contribution in [3.8, 4) is 0 Å². The Bertz CT molecular complexity index is 852. The molecular formula is C33H57N3O3. The zero-order chi connectivity index (χ0) is 29.1. The van der Waals surface area contributed by atoms with Crippen LogP contribution in [0.3, 0.4) is 0 Å². The van der Waals surface area contributed by atoms with Crippen molar-refractivity contribution in [3.05, 3.63) is 36.4 Å². The van der Waals surface area contributed by atoms with Gasteiger partial charge in [-0.25, -0.2) is 4.79 Å². The van der Waals surface area contributed by atoms with E-state index in [1.54, 1.807) is 9.80 Å². The van der Waals surface area contributed by atoms with Gasteiger partial charge in [-0.05, 0) is 57.7 Å². The molecule has 222 valence electrons. The molecule has 1 aromatic rings. The highest BCUT2D eigenvalue weighted by Gasteiger charge is 2.29. The van der Waals surface area contributed by atoms with Crippen LogP contribution in [-0.2, 0) is 9.63 Å². The summed E-state index contributed by atoms with van der Waals surface area (Å²) in [6, 6.07) is 7.57. The molecular weight excluding hydrogens is 486 g/mol. The molecule has 0 spiro atoms. The van der Waals surface area contributed by atoms with Crippen LogP contribution in [0.2, 0.25) is 0 Å². The molecule has 0 atom stereocenters. The topological polar surface area (TPSA) is 53.1 Å². The van der Waals surface area contributed by atoms with Gasteiger partial charge in [0, 0.05) is 25.7 Å². The number of hydrogen-bond acceptors (Lipinski definition) is 3. The van der Waals surface area contributed by atoms with E-state index >= 15 is 0 Å². The van der Waals surface area contributed by atoms with Crippen LogP contribution in [0.4, 0.5) is 16.2 Å². The van der Waals surface area contributed by atoms with Crippen molar-refractivity contribution in [2.24, 2.45) is 0 Å². The molecule has 39 heavy (non-hydrogen) atoms. The summed E-state index contributed by atoms with van der Waals surface area (Å²) < 4.78 is 0. The first kappa shape index (κ1) is 34.7. The van der Waals surface area contributed by atoms with Gasteiger partial charge < -0.3 is 4.90 Å². The Hall–Kier alpha value is -2.34. The highest BCUT2D eigenvalue weighted by atomic mass is 16.7. The second-order valence-electron chi connectivity index (χ2n) is 11.1. The molecule has 0 radical (unpaired) electrons. The summed E-state index contributed by atoms with van der Waals surface area (Å²) in [6.07, 6.45) is 18.0. The molecule has 0 saturated heterocycles. The first-order chi connectivity index (χ1) is 18.7. The first-order valence-electron chi connectivity index (χ1n) is 15.5. The Labute approximate surface area is 239 Å². The Morgan fingerprint density at radius 3 is 2.10 bits per heavy atom. The lowest BCUT2D eigenvalue weighted by Crippen LogP contribution is -2.50. The Morgan fingerprint density at radius 1 is 0.846 bits per heavy atom. The summed E-state index contributed by atoms with van der Waals surface area (Å²) in [5.41, 5.74) is 1.02. The van der Waals surface area contributed by atoms with Gasteiger partial charge in [0.15, 0.2) is 0 Å². The molecule has 0 heterocycles. The molecule has 1 rings (SSSR count). The Balaban J connectivity index is 3.00. The first-order valence-corrected chi connectivity index (χ1v) is 15.5. The number of urea groups is 1. The molecule has 0 aliphatic rings. The summed E-state index contributed by atoms with van der Waals surface area (Å²) in [5, 5.41) is 1.45. The van der Waals surface area contributed by atoms with Crippen molar-refractivity contribution in [3.63, 3.8) is 0 Å².